The number of likely N-dealkylation sites (N-methyl/N-ethyl adjacent to an activating group) is 1. The van der Waals surface area contributed by atoms with Gasteiger partial charge in [-0.15, -0.1) is 12.4 Å². The Kier molecular flexibility index (Phi) is 7.96. The summed E-state index contributed by atoms with van der Waals surface area (Å²) in [6.07, 6.45) is 0. The van der Waals surface area contributed by atoms with Gasteiger partial charge in [0.05, 0.1) is 11.4 Å². The first-order chi connectivity index (χ1) is 12.7. The lowest BCUT2D eigenvalue weighted by Crippen LogP contribution is -2.28. The molecule has 0 unspecified atom stereocenters. The molecule has 0 N–H and O–H groups in total. The minimum Gasteiger partial charge on any atom is -0.490 e. The second-order valence-electron chi connectivity index (χ2n) is 6.40. The van der Waals surface area contributed by atoms with Gasteiger partial charge >= 0.3 is 0 Å². The average Bonchev–Trinajstić information content (AvgIpc) is 3.07. The average molecular weight is 385 g/mol. The molecule has 0 radical (unpaired) electrons. The highest BCUT2D eigenvalue weighted by atomic mass is 35.5. The molecule has 144 valence electrons. The lowest BCUT2D eigenvalue weighted by Gasteiger charge is -2.20. The third kappa shape index (κ3) is 4.94. The predicted molar refractivity (Wildman–Crippen MR) is 116 cm³/mol. The van der Waals surface area contributed by atoms with E-state index in [4.69, 9.17) is 4.74 Å². The highest BCUT2D eigenvalue weighted by Crippen LogP contribution is 2.31. The van der Waals surface area contributed by atoms with Gasteiger partial charge in [-0.05, 0) is 49.8 Å². The largest absolute Gasteiger partial charge is 0.490 e. The van der Waals surface area contributed by atoms with Crippen LogP contribution in [0.4, 0.5) is 0 Å². The fraction of sp³-hybridized carbons (Fsp3) is 0.304. The van der Waals surface area contributed by atoms with E-state index in [0.29, 0.717) is 6.61 Å². The quantitative estimate of drug-likeness (QED) is 0.503. The standard InChI is InChI=1S/C23H28N2O.ClH/c1-4-24(5-2)17-18-26-23-14-10-9-13-22(23)25-19(3)15-16-21(25)20-11-7-6-8-12-20;/h6-16H,4-5,17-18H2,1-3H3;1H. The zero-order valence-corrected chi connectivity index (χ0v) is 17.2. The van der Waals surface area contributed by atoms with Gasteiger partial charge in [0.1, 0.15) is 12.4 Å². The van der Waals surface area contributed by atoms with E-state index in [0.717, 1.165) is 31.1 Å². The summed E-state index contributed by atoms with van der Waals surface area (Å²) >= 11 is 0. The molecular weight excluding hydrogens is 356 g/mol. The number of para-hydroxylation sites is 2. The summed E-state index contributed by atoms with van der Waals surface area (Å²) in [6.45, 7) is 10.3. The molecule has 3 aromatic rings. The lowest BCUT2D eigenvalue weighted by molar-refractivity contribution is 0.222. The van der Waals surface area contributed by atoms with Gasteiger partial charge in [0.25, 0.3) is 0 Å². The summed E-state index contributed by atoms with van der Waals surface area (Å²) in [7, 11) is 0. The van der Waals surface area contributed by atoms with Gasteiger partial charge < -0.3 is 14.2 Å². The van der Waals surface area contributed by atoms with Crippen LogP contribution in [0.15, 0.2) is 66.7 Å². The molecule has 0 aliphatic heterocycles. The van der Waals surface area contributed by atoms with Gasteiger partial charge in [-0.1, -0.05) is 56.3 Å². The van der Waals surface area contributed by atoms with Gasteiger partial charge in [0, 0.05) is 12.2 Å². The SMILES string of the molecule is CCN(CC)CCOc1ccccc1-n1c(C)ccc1-c1ccccc1.Cl. The van der Waals surface area contributed by atoms with Crippen LogP contribution in [0.5, 0.6) is 5.75 Å². The van der Waals surface area contributed by atoms with E-state index in [9.17, 15) is 0 Å². The molecular formula is C23H29ClN2O. The van der Waals surface area contributed by atoms with Crippen LogP contribution >= 0.6 is 12.4 Å². The first-order valence-electron chi connectivity index (χ1n) is 9.43. The second kappa shape index (κ2) is 10.2. The maximum absolute atomic E-state index is 6.18. The van der Waals surface area contributed by atoms with Crippen molar-refractivity contribution in [3.8, 4) is 22.7 Å². The Morgan fingerprint density at radius 1 is 0.852 bits per heavy atom. The van der Waals surface area contributed by atoms with Gasteiger partial charge in [0.15, 0.2) is 0 Å². The number of halogens is 1. The summed E-state index contributed by atoms with van der Waals surface area (Å²) in [5.41, 5.74) is 4.68. The van der Waals surface area contributed by atoms with Crippen LogP contribution in [-0.4, -0.2) is 35.7 Å². The number of aromatic nitrogens is 1. The highest BCUT2D eigenvalue weighted by molar-refractivity contribution is 5.85. The molecule has 0 fully saturated rings. The van der Waals surface area contributed by atoms with Gasteiger partial charge in [-0.3, -0.25) is 0 Å². The van der Waals surface area contributed by atoms with E-state index < -0.39 is 0 Å². The maximum Gasteiger partial charge on any atom is 0.143 e. The Morgan fingerprint density at radius 2 is 1.52 bits per heavy atom. The van der Waals surface area contributed by atoms with Crippen LogP contribution in [0, 0.1) is 6.92 Å². The molecule has 0 aliphatic rings. The Balaban J connectivity index is 0.00000261. The topological polar surface area (TPSA) is 17.4 Å². The Labute approximate surface area is 169 Å². The fourth-order valence-corrected chi connectivity index (χ4v) is 3.28. The Morgan fingerprint density at radius 3 is 2.22 bits per heavy atom. The first-order valence-corrected chi connectivity index (χ1v) is 9.43. The monoisotopic (exact) mass is 384 g/mol. The van der Waals surface area contributed by atoms with Crippen molar-refractivity contribution in [2.75, 3.05) is 26.2 Å². The summed E-state index contributed by atoms with van der Waals surface area (Å²) in [4.78, 5) is 2.37. The highest BCUT2D eigenvalue weighted by Gasteiger charge is 2.13. The Hall–Kier alpha value is -2.23. The summed E-state index contributed by atoms with van der Waals surface area (Å²) < 4.78 is 8.46. The molecule has 0 atom stereocenters. The van der Waals surface area contributed by atoms with E-state index in [1.54, 1.807) is 0 Å². The van der Waals surface area contributed by atoms with Crippen LogP contribution in [0.3, 0.4) is 0 Å². The third-order valence-corrected chi connectivity index (χ3v) is 4.81. The normalized spacial score (nSPS) is 10.7. The van der Waals surface area contributed by atoms with E-state index in [2.05, 4.69) is 84.8 Å². The molecule has 1 aromatic heterocycles. The van der Waals surface area contributed by atoms with E-state index >= 15 is 0 Å². The zero-order valence-electron chi connectivity index (χ0n) is 16.4. The number of ether oxygens (including phenoxy) is 1. The molecule has 0 spiro atoms. The minimum atomic E-state index is 0. The molecule has 3 rings (SSSR count). The zero-order chi connectivity index (χ0) is 18.4. The number of rotatable bonds is 8. The van der Waals surface area contributed by atoms with Crippen LogP contribution in [0.1, 0.15) is 19.5 Å². The molecule has 0 bridgehead atoms. The van der Waals surface area contributed by atoms with Crippen LogP contribution in [0.2, 0.25) is 0 Å². The Bertz CT molecular complexity index is 825. The molecule has 1 heterocycles. The van der Waals surface area contributed by atoms with Gasteiger partial charge in [-0.25, -0.2) is 0 Å². The molecule has 27 heavy (non-hydrogen) atoms. The van der Waals surface area contributed by atoms with E-state index in [1.807, 2.05) is 12.1 Å². The number of aryl methyl sites for hydroxylation is 1. The lowest BCUT2D eigenvalue weighted by atomic mass is 10.1. The number of hydrogen-bond donors (Lipinski definition) is 0. The van der Waals surface area contributed by atoms with Crippen molar-refractivity contribution in [2.24, 2.45) is 0 Å². The molecule has 0 saturated carbocycles. The van der Waals surface area contributed by atoms with Gasteiger partial charge in [0.2, 0.25) is 0 Å². The van der Waals surface area contributed by atoms with Crippen molar-refractivity contribution in [2.45, 2.75) is 20.8 Å². The summed E-state index contributed by atoms with van der Waals surface area (Å²) in [5.74, 6) is 0.927. The minimum absolute atomic E-state index is 0. The van der Waals surface area contributed by atoms with Crippen molar-refractivity contribution in [1.82, 2.24) is 9.47 Å². The summed E-state index contributed by atoms with van der Waals surface area (Å²) in [6, 6.07) is 23.1. The van der Waals surface area contributed by atoms with E-state index in [-0.39, 0.29) is 12.4 Å². The first kappa shape index (κ1) is 21.1. The van der Waals surface area contributed by atoms with Crippen molar-refractivity contribution >= 4 is 12.4 Å². The number of benzene rings is 2. The molecule has 2 aromatic carbocycles. The fourth-order valence-electron chi connectivity index (χ4n) is 3.28. The van der Waals surface area contributed by atoms with Crippen LogP contribution < -0.4 is 4.74 Å². The maximum atomic E-state index is 6.18. The van der Waals surface area contributed by atoms with Crippen molar-refractivity contribution in [1.29, 1.82) is 0 Å². The van der Waals surface area contributed by atoms with Crippen molar-refractivity contribution in [3.05, 3.63) is 72.4 Å². The van der Waals surface area contributed by atoms with E-state index in [1.165, 1.54) is 17.0 Å². The van der Waals surface area contributed by atoms with Crippen molar-refractivity contribution in [3.63, 3.8) is 0 Å². The predicted octanol–water partition coefficient (Wildman–Crippen LogP) is 5.60. The van der Waals surface area contributed by atoms with Crippen LogP contribution in [-0.2, 0) is 0 Å². The third-order valence-electron chi connectivity index (χ3n) is 4.81. The number of nitrogens with zero attached hydrogens (tertiary/aromatic N) is 2. The van der Waals surface area contributed by atoms with Crippen LogP contribution in [0.25, 0.3) is 16.9 Å². The van der Waals surface area contributed by atoms with Gasteiger partial charge in [-0.2, -0.15) is 0 Å². The molecule has 0 saturated heterocycles. The van der Waals surface area contributed by atoms with Crippen molar-refractivity contribution < 1.29 is 4.74 Å². The molecule has 0 aliphatic carbocycles. The molecule has 4 heteroatoms. The second-order valence-corrected chi connectivity index (χ2v) is 6.40. The summed E-state index contributed by atoms with van der Waals surface area (Å²) in [5, 5.41) is 0. The smallest absolute Gasteiger partial charge is 0.143 e. The number of hydrogen-bond acceptors (Lipinski definition) is 2. The molecule has 0 amide bonds. The molecule has 3 nitrogen and oxygen atoms in total.